The maximum atomic E-state index is 12.4. The molecule has 0 unspecified atom stereocenters. The summed E-state index contributed by atoms with van der Waals surface area (Å²) in [5.74, 6) is 0.0303. The third kappa shape index (κ3) is 4.62. The van der Waals surface area contributed by atoms with E-state index in [0.717, 1.165) is 22.8 Å². The molecule has 0 aliphatic heterocycles. The number of nitro benzene ring substituents is 1. The molecule has 0 spiro atoms. The first-order chi connectivity index (χ1) is 15.0. The van der Waals surface area contributed by atoms with Gasteiger partial charge in [0.2, 0.25) is 0 Å². The van der Waals surface area contributed by atoms with Crippen molar-refractivity contribution in [1.82, 2.24) is 10.5 Å². The molecule has 1 N–H and O–H groups in total. The number of rotatable bonds is 6. The van der Waals surface area contributed by atoms with Crippen LogP contribution in [0.3, 0.4) is 0 Å². The summed E-state index contributed by atoms with van der Waals surface area (Å²) in [7, 11) is 0. The minimum absolute atomic E-state index is 0.0242. The van der Waals surface area contributed by atoms with Crippen molar-refractivity contribution < 1.29 is 14.2 Å². The van der Waals surface area contributed by atoms with Crippen molar-refractivity contribution in [3.05, 3.63) is 105 Å². The Balaban J connectivity index is 1.43. The second-order valence-electron chi connectivity index (χ2n) is 6.73. The number of hydrogen-bond acceptors (Lipinski definition) is 5. The first-order valence-electron chi connectivity index (χ1n) is 9.35. The van der Waals surface area contributed by atoms with E-state index in [-0.39, 0.29) is 22.8 Å². The lowest BCUT2D eigenvalue weighted by Crippen LogP contribution is -2.23. The van der Waals surface area contributed by atoms with Crippen LogP contribution in [0.1, 0.15) is 16.1 Å². The molecule has 7 nitrogen and oxygen atoms in total. The average Bonchev–Trinajstić information content (AvgIpc) is 3.27. The van der Waals surface area contributed by atoms with Crippen LogP contribution in [0.25, 0.3) is 22.5 Å². The Bertz CT molecular complexity index is 1240. The van der Waals surface area contributed by atoms with Gasteiger partial charge in [0.15, 0.2) is 5.76 Å². The summed E-state index contributed by atoms with van der Waals surface area (Å²) >= 11 is 6.00. The number of carbonyl (C=O) groups is 1. The minimum Gasteiger partial charge on any atom is -0.356 e. The fraction of sp³-hybridized carbons (Fsp3) is 0.0435. The SMILES string of the molecule is O=C(NCc1cc(-c2ccc(-c3ccccc3)cc2)on1)c1cc([N+](=O)[O-])ccc1Cl. The van der Waals surface area contributed by atoms with E-state index >= 15 is 0 Å². The molecule has 31 heavy (non-hydrogen) atoms. The number of hydrogen-bond donors (Lipinski definition) is 1. The van der Waals surface area contributed by atoms with E-state index in [9.17, 15) is 14.9 Å². The number of halogens is 1. The van der Waals surface area contributed by atoms with Gasteiger partial charge in [-0.05, 0) is 17.2 Å². The van der Waals surface area contributed by atoms with E-state index in [4.69, 9.17) is 16.1 Å². The number of amides is 1. The van der Waals surface area contributed by atoms with Crippen molar-refractivity contribution in [2.75, 3.05) is 0 Å². The highest BCUT2D eigenvalue weighted by Gasteiger charge is 2.16. The number of carbonyl (C=O) groups excluding carboxylic acids is 1. The summed E-state index contributed by atoms with van der Waals surface area (Å²) < 4.78 is 5.39. The molecule has 154 valence electrons. The Morgan fingerprint density at radius 2 is 1.65 bits per heavy atom. The average molecular weight is 434 g/mol. The Hall–Kier alpha value is -3.97. The van der Waals surface area contributed by atoms with Gasteiger partial charge in [-0.2, -0.15) is 0 Å². The maximum absolute atomic E-state index is 12.4. The van der Waals surface area contributed by atoms with Gasteiger partial charge < -0.3 is 9.84 Å². The molecule has 4 aromatic rings. The van der Waals surface area contributed by atoms with Gasteiger partial charge in [-0.3, -0.25) is 14.9 Å². The van der Waals surface area contributed by atoms with Crippen molar-refractivity contribution in [1.29, 1.82) is 0 Å². The number of aromatic nitrogens is 1. The molecule has 0 fully saturated rings. The molecular weight excluding hydrogens is 418 g/mol. The Labute approximate surface area is 182 Å². The number of nitrogens with zero attached hydrogens (tertiary/aromatic N) is 2. The van der Waals surface area contributed by atoms with Crippen LogP contribution < -0.4 is 5.32 Å². The maximum Gasteiger partial charge on any atom is 0.270 e. The molecule has 0 bridgehead atoms. The van der Waals surface area contributed by atoms with Crippen LogP contribution in [0.15, 0.2) is 83.4 Å². The highest BCUT2D eigenvalue weighted by molar-refractivity contribution is 6.33. The van der Waals surface area contributed by atoms with Crippen molar-refractivity contribution in [3.63, 3.8) is 0 Å². The molecule has 0 saturated carbocycles. The first kappa shape index (κ1) is 20.3. The van der Waals surface area contributed by atoms with E-state index < -0.39 is 10.8 Å². The first-order valence-corrected chi connectivity index (χ1v) is 9.72. The molecule has 0 aliphatic carbocycles. The Morgan fingerprint density at radius 1 is 0.968 bits per heavy atom. The van der Waals surface area contributed by atoms with Crippen LogP contribution in [0.2, 0.25) is 5.02 Å². The van der Waals surface area contributed by atoms with Crippen LogP contribution in [-0.4, -0.2) is 16.0 Å². The van der Waals surface area contributed by atoms with Crippen LogP contribution >= 0.6 is 11.6 Å². The third-order valence-electron chi connectivity index (χ3n) is 4.67. The van der Waals surface area contributed by atoms with Crippen molar-refractivity contribution in [2.45, 2.75) is 6.54 Å². The molecule has 0 atom stereocenters. The zero-order valence-corrected chi connectivity index (χ0v) is 16.9. The fourth-order valence-corrected chi connectivity index (χ4v) is 3.26. The van der Waals surface area contributed by atoms with Gasteiger partial charge in [0.05, 0.1) is 22.1 Å². The van der Waals surface area contributed by atoms with Gasteiger partial charge in [-0.1, -0.05) is 71.4 Å². The lowest BCUT2D eigenvalue weighted by Gasteiger charge is -2.05. The standard InChI is InChI=1S/C23H16ClN3O4/c24-21-11-10-19(27(29)30)13-20(21)23(28)25-14-18-12-22(31-26-18)17-8-6-16(7-9-17)15-4-2-1-3-5-15/h1-13H,14H2,(H,25,28). The van der Waals surface area contributed by atoms with Crippen molar-refractivity contribution in [2.24, 2.45) is 0 Å². The highest BCUT2D eigenvalue weighted by Crippen LogP contribution is 2.26. The van der Waals surface area contributed by atoms with E-state index in [0.29, 0.717) is 11.5 Å². The molecule has 1 aromatic heterocycles. The highest BCUT2D eigenvalue weighted by atomic mass is 35.5. The summed E-state index contributed by atoms with van der Waals surface area (Å²) in [6, 6.07) is 23.3. The predicted octanol–water partition coefficient (Wildman–Crippen LogP) is 5.50. The molecule has 0 saturated heterocycles. The van der Waals surface area contributed by atoms with Crippen LogP contribution in [0.4, 0.5) is 5.69 Å². The lowest BCUT2D eigenvalue weighted by molar-refractivity contribution is -0.384. The molecule has 1 heterocycles. The van der Waals surface area contributed by atoms with Gasteiger partial charge in [0.1, 0.15) is 5.69 Å². The summed E-state index contributed by atoms with van der Waals surface area (Å²) in [5.41, 5.74) is 3.39. The topological polar surface area (TPSA) is 98.3 Å². The monoisotopic (exact) mass is 433 g/mol. The minimum atomic E-state index is -0.583. The molecule has 0 aliphatic rings. The van der Waals surface area contributed by atoms with Crippen LogP contribution in [-0.2, 0) is 6.54 Å². The van der Waals surface area contributed by atoms with Crippen LogP contribution in [0.5, 0.6) is 0 Å². The summed E-state index contributed by atoms with van der Waals surface area (Å²) in [5, 5.41) is 17.7. The van der Waals surface area contributed by atoms with Gasteiger partial charge in [0.25, 0.3) is 11.6 Å². The lowest BCUT2D eigenvalue weighted by atomic mass is 10.0. The van der Waals surface area contributed by atoms with E-state index in [1.807, 2.05) is 54.6 Å². The summed E-state index contributed by atoms with van der Waals surface area (Å²) in [6.07, 6.45) is 0. The van der Waals surface area contributed by atoms with E-state index in [1.54, 1.807) is 6.07 Å². The summed E-state index contributed by atoms with van der Waals surface area (Å²) in [6.45, 7) is 0.0868. The van der Waals surface area contributed by atoms with Crippen molar-refractivity contribution >= 4 is 23.2 Å². The molecule has 1 amide bonds. The smallest absolute Gasteiger partial charge is 0.270 e. The largest absolute Gasteiger partial charge is 0.356 e. The molecular formula is C23H16ClN3O4. The van der Waals surface area contributed by atoms with Gasteiger partial charge in [0, 0.05) is 23.8 Å². The molecule has 8 heteroatoms. The normalized spacial score (nSPS) is 10.6. The zero-order chi connectivity index (χ0) is 21.8. The molecule has 4 rings (SSSR count). The zero-order valence-electron chi connectivity index (χ0n) is 16.1. The fourth-order valence-electron chi connectivity index (χ4n) is 3.06. The Kier molecular flexibility index (Phi) is 5.77. The van der Waals surface area contributed by atoms with E-state index in [2.05, 4.69) is 10.5 Å². The molecule has 0 radical (unpaired) electrons. The number of benzene rings is 3. The quantitative estimate of drug-likeness (QED) is 0.319. The number of non-ortho nitro benzene ring substituents is 1. The van der Waals surface area contributed by atoms with Crippen LogP contribution in [0, 0.1) is 10.1 Å². The summed E-state index contributed by atoms with van der Waals surface area (Å²) in [4.78, 5) is 22.7. The second-order valence-corrected chi connectivity index (χ2v) is 7.14. The van der Waals surface area contributed by atoms with Gasteiger partial charge in [-0.25, -0.2) is 0 Å². The number of nitrogens with one attached hydrogen (secondary N) is 1. The van der Waals surface area contributed by atoms with Crippen molar-refractivity contribution in [3.8, 4) is 22.5 Å². The predicted molar refractivity (Wildman–Crippen MR) is 117 cm³/mol. The number of nitro groups is 1. The van der Waals surface area contributed by atoms with Gasteiger partial charge >= 0.3 is 0 Å². The molecule has 3 aromatic carbocycles. The second kappa shape index (κ2) is 8.81. The van der Waals surface area contributed by atoms with E-state index in [1.165, 1.54) is 12.1 Å². The Morgan fingerprint density at radius 3 is 2.35 bits per heavy atom. The third-order valence-corrected chi connectivity index (χ3v) is 5.00. The van der Waals surface area contributed by atoms with Gasteiger partial charge in [-0.15, -0.1) is 0 Å².